The van der Waals surface area contributed by atoms with Crippen LogP contribution < -0.4 is 0 Å². The van der Waals surface area contributed by atoms with Crippen LogP contribution in [-0.4, -0.2) is 17.7 Å². The Balaban J connectivity index is 2.52. The van der Waals surface area contributed by atoms with Crippen molar-refractivity contribution in [2.75, 3.05) is 6.61 Å². The Morgan fingerprint density at radius 3 is 2.19 bits per heavy atom. The first-order valence-corrected chi connectivity index (χ1v) is 7.06. The van der Waals surface area contributed by atoms with E-state index in [4.69, 9.17) is 4.74 Å². The van der Waals surface area contributed by atoms with Crippen molar-refractivity contribution in [3.8, 4) is 5.75 Å². The third-order valence-corrected chi connectivity index (χ3v) is 3.50. The minimum Gasteiger partial charge on any atom is -0.507 e. The van der Waals surface area contributed by atoms with Crippen LogP contribution in [0.2, 0.25) is 0 Å². The molecule has 0 aliphatic carbocycles. The molecule has 3 nitrogen and oxygen atoms in total. The Labute approximate surface area is 125 Å². The summed E-state index contributed by atoms with van der Waals surface area (Å²) >= 11 is 0. The van der Waals surface area contributed by atoms with Crippen LogP contribution in [0.4, 0.5) is 0 Å². The molecule has 0 bridgehead atoms. The molecule has 0 unspecified atom stereocenters. The predicted octanol–water partition coefficient (Wildman–Crippen LogP) is 3.70. The fraction of sp³-hybridized carbons (Fsp3) is 0.278. The second kappa shape index (κ2) is 6.44. The van der Waals surface area contributed by atoms with Crippen LogP contribution in [-0.2, 0) is 9.53 Å². The van der Waals surface area contributed by atoms with Gasteiger partial charge in [-0.15, -0.1) is 0 Å². The monoisotopic (exact) mass is 284 g/mol. The van der Waals surface area contributed by atoms with Crippen molar-refractivity contribution in [3.63, 3.8) is 0 Å². The van der Waals surface area contributed by atoms with Crippen LogP contribution in [0, 0.1) is 13.8 Å². The average Bonchev–Trinajstić information content (AvgIpc) is 2.46. The maximum Gasteiger partial charge on any atom is 0.317 e. The second-order valence-corrected chi connectivity index (χ2v) is 5.10. The van der Waals surface area contributed by atoms with Crippen LogP contribution in [0.5, 0.6) is 5.75 Å². The van der Waals surface area contributed by atoms with Gasteiger partial charge < -0.3 is 9.84 Å². The molecule has 0 aliphatic rings. The van der Waals surface area contributed by atoms with Gasteiger partial charge in [0.2, 0.25) is 0 Å². The van der Waals surface area contributed by atoms with Gasteiger partial charge in [0.15, 0.2) is 0 Å². The number of ether oxygens (including phenoxy) is 1. The van der Waals surface area contributed by atoms with E-state index in [2.05, 4.69) is 0 Å². The molecular formula is C18H20O3. The summed E-state index contributed by atoms with van der Waals surface area (Å²) in [5, 5.41) is 9.91. The lowest BCUT2D eigenvalue weighted by molar-refractivity contribution is -0.143. The maximum atomic E-state index is 12.4. The molecule has 21 heavy (non-hydrogen) atoms. The molecule has 1 N–H and O–H groups in total. The van der Waals surface area contributed by atoms with Gasteiger partial charge in [-0.3, -0.25) is 4.79 Å². The first-order chi connectivity index (χ1) is 10.0. The average molecular weight is 284 g/mol. The van der Waals surface area contributed by atoms with Gasteiger partial charge in [0.1, 0.15) is 11.7 Å². The molecular weight excluding hydrogens is 264 g/mol. The fourth-order valence-electron chi connectivity index (χ4n) is 2.49. The molecule has 0 aliphatic heterocycles. The number of phenolic OH excluding ortho intramolecular Hbond substituents is 1. The van der Waals surface area contributed by atoms with E-state index in [1.165, 1.54) is 0 Å². The summed E-state index contributed by atoms with van der Waals surface area (Å²) in [4.78, 5) is 12.4. The molecule has 0 heterocycles. The first-order valence-electron chi connectivity index (χ1n) is 7.06. The summed E-state index contributed by atoms with van der Waals surface area (Å²) < 4.78 is 5.22. The van der Waals surface area contributed by atoms with Crippen LogP contribution in [0.3, 0.4) is 0 Å². The van der Waals surface area contributed by atoms with Crippen LogP contribution >= 0.6 is 0 Å². The Kier molecular flexibility index (Phi) is 4.63. The molecule has 110 valence electrons. The van der Waals surface area contributed by atoms with E-state index in [0.29, 0.717) is 6.61 Å². The normalized spacial score (nSPS) is 12.0. The van der Waals surface area contributed by atoms with Crippen molar-refractivity contribution in [1.29, 1.82) is 0 Å². The zero-order chi connectivity index (χ0) is 15.4. The summed E-state index contributed by atoms with van der Waals surface area (Å²) in [6.07, 6.45) is 0. The first kappa shape index (κ1) is 15.1. The summed E-state index contributed by atoms with van der Waals surface area (Å²) in [5.74, 6) is -0.466. The van der Waals surface area contributed by atoms with E-state index >= 15 is 0 Å². The number of benzene rings is 2. The molecule has 0 saturated heterocycles. The van der Waals surface area contributed by atoms with E-state index in [1.807, 2.05) is 56.3 Å². The highest BCUT2D eigenvalue weighted by Crippen LogP contribution is 2.31. The van der Waals surface area contributed by atoms with Gasteiger partial charge in [0.25, 0.3) is 0 Å². The minimum absolute atomic E-state index is 0.270. The molecule has 2 aromatic carbocycles. The lowest BCUT2D eigenvalue weighted by Gasteiger charge is -2.18. The fourth-order valence-corrected chi connectivity index (χ4v) is 2.49. The van der Waals surface area contributed by atoms with E-state index < -0.39 is 5.92 Å². The Morgan fingerprint density at radius 2 is 1.67 bits per heavy atom. The van der Waals surface area contributed by atoms with Crippen LogP contribution in [0.15, 0.2) is 42.5 Å². The number of carbonyl (C=O) groups is 1. The smallest absolute Gasteiger partial charge is 0.317 e. The van der Waals surface area contributed by atoms with E-state index in [0.717, 1.165) is 22.3 Å². The van der Waals surface area contributed by atoms with Gasteiger partial charge in [0, 0.05) is 0 Å². The SMILES string of the molecule is CCOC(=O)[C@H](c1ccccc1)c1cc(C)c(O)c(C)c1. The summed E-state index contributed by atoms with van der Waals surface area (Å²) in [6, 6.07) is 13.2. The zero-order valence-corrected chi connectivity index (χ0v) is 12.6. The standard InChI is InChI=1S/C18H20O3/c1-4-21-18(20)16(14-8-6-5-7-9-14)15-10-12(2)17(19)13(3)11-15/h5-11,16,19H,4H2,1-3H3/t16-/m1/s1. The molecule has 1 atom stereocenters. The Morgan fingerprint density at radius 1 is 1.10 bits per heavy atom. The van der Waals surface area contributed by atoms with Gasteiger partial charge in [-0.2, -0.15) is 0 Å². The number of hydrogen-bond acceptors (Lipinski definition) is 3. The highest BCUT2D eigenvalue weighted by Gasteiger charge is 2.25. The van der Waals surface area contributed by atoms with Gasteiger partial charge >= 0.3 is 5.97 Å². The number of hydrogen-bond donors (Lipinski definition) is 1. The lowest BCUT2D eigenvalue weighted by Crippen LogP contribution is -2.17. The van der Waals surface area contributed by atoms with Crippen molar-refractivity contribution in [2.24, 2.45) is 0 Å². The lowest BCUT2D eigenvalue weighted by atomic mass is 9.89. The van der Waals surface area contributed by atoms with E-state index in [9.17, 15) is 9.90 Å². The number of rotatable bonds is 4. The molecule has 0 saturated carbocycles. The predicted molar refractivity (Wildman–Crippen MR) is 82.5 cm³/mol. The molecule has 0 aromatic heterocycles. The molecule has 0 fully saturated rings. The maximum absolute atomic E-state index is 12.4. The summed E-state index contributed by atoms with van der Waals surface area (Å²) in [6.45, 7) is 5.81. The number of esters is 1. The highest BCUT2D eigenvalue weighted by molar-refractivity contribution is 5.82. The second-order valence-electron chi connectivity index (χ2n) is 5.10. The molecule has 0 amide bonds. The molecule has 0 spiro atoms. The number of phenols is 1. The van der Waals surface area contributed by atoms with Crippen molar-refractivity contribution in [1.82, 2.24) is 0 Å². The summed E-state index contributed by atoms with van der Waals surface area (Å²) in [5.41, 5.74) is 3.25. The van der Waals surface area contributed by atoms with Crippen molar-refractivity contribution >= 4 is 5.97 Å². The third-order valence-electron chi connectivity index (χ3n) is 3.50. The van der Waals surface area contributed by atoms with Gasteiger partial charge in [-0.1, -0.05) is 42.5 Å². The number of aryl methyl sites for hydroxylation is 2. The van der Waals surface area contributed by atoms with E-state index in [-0.39, 0.29) is 11.7 Å². The van der Waals surface area contributed by atoms with Crippen LogP contribution in [0.25, 0.3) is 0 Å². The van der Waals surface area contributed by atoms with Crippen molar-refractivity contribution in [3.05, 3.63) is 64.7 Å². The van der Waals surface area contributed by atoms with E-state index in [1.54, 1.807) is 6.92 Å². The van der Waals surface area contributed by atoms with Gasteiger partial charge in [-0.05, 0) is 43.0 Å². The Hall–Kier alpha value is -2.29. The topological polar surface area (TPSA) is 46.5 Å². The minimum atomic E-state index is -0.468. The van der Waals surface area contributed by atoms with Gasteiger partial charge in [-0.25, -0.2) is 0 Å². The van der Waals surface area contributed by atoms with Crippen molar-refractivity contribution < 1.29 is 14.6 Å². The summed E-state index contributed by atoms with van der Waals surface area (Å²) in [7, 11) is 0. The highest BCUT2D eigenvalue weighted by atomic mass is 16.5. The zero-order valence-electron chi connectivity index (χ0n) is 12.6. The largest absolute Gasteiger partial charge is 0.507 e. The number of carbonyl (C=O) groups excluding carboxylic acids is 1. The number of aromatic hydroxyl groups is 1. The molecule has 2 aromatic rings. The molecule has 3 heteroatoms. The van der Waals surface area contributed by atoms with Crippen LogP contribution in [0.1, 0.15) is 35.1 Å². The molecule has 2 rings (SSSR count). The Bertz CT molecular complexity index is 609. The van der Waals surface area contributed by atoms with Crippen molar-refractivity contribution in [2.45, 2.75) is 26.7 Å². The third kappa shape index (κ3) is 3.24. The van der Waals surface area contributed by atoms with Gasteiger partial charge in [0.05, 0.1) is 6.61 Å². The quantitative estimate of drug-likeness (QED) is 0.871. The molecule has 0 radical (unpaired) electrons.